The lowest BCUT2D eigenvalue weighted by atomic mass is 9.85. The van der Waals surface area contributed by atoms with Crippen LogP contribution in [0.1, 0.15) is 45.2 Å². The summed E-state index contributed by atoms with van der Waals surface area (Å²) in [7, 11) is 0. The number of thiophene rings is 1. The maximum atomic E-state index is 13.7. The Labute approximate surface area is 155 Å². The molecule has 3 heterocycles. The van der Waals surface area contributed by atoms with Crippen molar-refractivity contribution < 1.29 is 9.13 Å². The quantitative estimate of drug-likeness (QED) is 0.636. The predicted octanol–water partition coefficient (Wildman–Crippen LogP) is 4.49. The van der Waals surface area contributed by atoms with Gasteiger partial charge in [-0.15, -0.1) is 21.5 Å². The Bertz CT molecular complexity index is 1060. The van der Waals surface area contributed by atoms with Crippen molar-refractivity contribution in [2.45, 2.75) is 39.9 Å². The zero-order valence-corrected chi connectivity index (χ0v) is 15.5. The molecule has 0 atom stereocenters. The Kier molecular flexibility index (Phi) is 3.58. The number of ether oxygens (including phenoxy) is 1. The number of rotatable bonds is 1. The third kappa shape index (κ3) is 2.29. The molecule has 1 aromatic carbocycles. The summed E-state index contributed by atoms with van der Waals surface area (Å²) in [4.78, 5) is 1.24. The van der Waals surface area contributed by atoms with Gasteiger partial charge in [0, 0.05) is 16.0 Å². The molecule has 0 unspecified atom stereocenters. The van der Waals surface area contributed by atoms with Crippen LogP contribution in [0.25, 0.3) is 10.6 Å². The van der Waals surface area contributed by atoms with E-state index in [9.17, 15) is 4.39 Å². The van der Waals surface area contributed by atoms with E-state index < -0.39 is 0 Å². The van der Waals surface area contributed by atoms with Gasteiger partial charge >= 0.3 is 0 Å². The van der Waals surface area contributed by atoms with Gasteiger partial charge in [-0.2, -0.15) is 0 Å². The molecule has 1 aliphatic heterocycles. The van der Waals surface area contributed by atoms with E-state index in [1.165, 1.54) is 21.6 Å². The van der Waals surface area contributed by atoms with Crippen molar-refractivity contribution in [3.63, 3.8) is 0 Å². The first-order valence-corrected chi connectivity index (χ1v) is 9.55. The van der Waals surface area contributed by atoms with Gasteiger partial charge < -0.3 is 4.74 Å². The first-order chi connectivity index (χ1) is 12.6. The molecule has 4 nitrogen and oxygen atoms in total. The molecular weight excluding hydrogens is 349 g/mol. The molecule has 1 aliphatic carbocycles. The second-order valence-corrected chi connectivity index (χ2v) is 7.97. The molecule has 5 rings (SSSR count). The zero-order chi connectivity index (χ0) is 17.8. The third-order valence-corrected chi connectivity index (χ3v) is 6.26. The normalized spacial score (nSPS) is 15.7. The average molecular weight is 367 g/mol. The van der Waals surface area contributed by atoms with Crippen LogP contribution in [-0.2, 0) is 24.4 Å². The second-order valence-electron chi connectivity index (χ2n) is 6.77. The van der Waals surface area contributed by atoms with Gasteiger partial charge in [-0.05, 0) is 55.5 Å². The van der Waals surface area contributed by atoms with Crippen LogP contribution in [0.2, 0.25) is 0 Å². The van der Waals surface area contributed by atoms with E-state index in [2.05, 4.69) is 27.8 Å². The van der Waals surface area contributed by atoms with Gasteiger partial charge in [-0.25, -0.2) is 4.39 Å². The summed E-state index contributed by atoms with van der Waals surface area (Å²) in [6.07, 6.45) is 4.08. The molecule has 26 heavy (non-hydrogen) atoms. The van der Waals surface area contributed by atoms with Crippen LogP contribution in [0.3, 0.4) is 0 Å². The molecule has 0 bridgehead atoms. The summed E-state index contributed by atoms with van der Waals surface area (Å²) in [6, 6.07) is 5.13. The van der Waals surface area contributed by atoms with Gasteiger partial charge in [0.25, 0.3) is 0 Å². The topological polar surface area (TPSA) is 39.9 Å². The number of hydrogen-bond acceptors (Lipinski definition) is 4. The van der Waals surface area contributed by atoms with Gasteiger partial charge in [0.1, 0.15) is 23.2 Å². The molecule has 132 valence electrons. The lowest BCUT2D eigenvalue weighted by Crippen LogP contribution is -2.04. The van der Waals surface area contributed by atoms with E-state index in [4.69, 9.17) is 4.74 Å². The predicted molar refractivity (Wildman–Crippen MR) is 99.0 cm³/mol. The van der Waals surface area contributed by atoms with Crippen molar-refractivity contribution >= 4 is 16.9 Å². The Balaban J connectivity index is 1.73. The number of benzene rings is 1. The van der Waals surface area contributed by atoms with Crippen LogP contribution >= 0.6 is 11.3 Å². The van der Waals surface area contributed by atoms with Crippen molar-refractivity contribution in [1.82, 2.24) is 14.8 Å². The van der Waals surface area contributed by atoms with Gasteiger partial charge in [0.05, 0.1) is 6.61 Å². The highest BCUT2D eigenvalue weighted by Crippen LogP contribution is 2.43. The van der Waals surface area contributed by atoms with Gasteiger partial charge in [-0.3, -0.25) is 4.57 Å². The van der Waals surface area contributed by atoms with Gasteiger partial charge in [-0.1, -0.05) is 12.1 Å². The lowest BCUT2D eigenvalue weighted by Gasteiger charge is -2.19. The Morgan fingerprint density at radius 3 is 2.96 bits per heavy atom. The van der Waals surface area contributed by atoms with Crippen molar-refractivity contribution in [2.75, 3.05) is 0 Å². The van der Waals surface area contributed by atoms with E-state index in [1.807, 2.05) is 13.0 Å². The Hall–Kier alpha value is -2.31. The first kappa shape index (κ1) is 15.9. The number of fused-ring (bicyclic) bond motifs is 4. The van der Waals surface area contributed by atoms with Gasteiger partial charge in [0.15, 0.2) is 5.82 Å². The minimum atomic E-state index is -0.168. The van der Waals surface area contributed by atoms with E-state index in [0.717, 1.165) is 40.6 Å². The smallest absolute Gasteiger partial charge is 0.164 e. The lowest BCUT2D eigenvalue weighted by molar-refractivity contribution is 0.105. The van der Waals surface area contributed by atoms with Crippen molar-refractivity contribution in [2.24, 2.45) is 0 Å². The highest BCUT2D eigenvalue weighted by Gasteiger charge is 2.27. The molecule has 2 aromatic heterocycles. The monoisotopic (exact) mass is 367 g/mol. The zero-order valence-electron chi connectivity index (χ0n) is 14.7. The molecule has 6 heteroatoms. The van der Waals surface area contributed by atoms with Crippen LogP contribution in [0.15, 0.2) is 24.3 Å². The standard InChI is InChI=1S/C20H18FN3OS/c1-11-19(16-5-3-4-13-8-14(21)6-7-15(13)16)17-9-25-10-18-23-22-12(2)24(18)20(17)26-11/h5-8H,3-4,9-10H2,1-2H3. The molecule has 0 fully saturated rings. The number of halogens is 1. The summed E-state index contributed by atoms with van der Waals surface area (Å²) < 4.78 is 21.7. The SMILES string of the molecule is Cc1sc2c(c1C1=CCCc3cc(F)ccc31)COCc1nnc(C)n1-2. The number of aromatic nitrogens is 3. The van der Waals surface area contributed by atoms with E-state index in [0.29, 0.717) is 13.2 Å². The van der Waals surface area contributed by atoms with Crippen LogP contribution in [-0.4, -0.2) is 14.8 Å². The van der Waals surface area contributed by atoms with Crippen molar-refractivity contribution in [3.8, 4) is 5.00 Å². The molecule has 0 amide bonds. The average Bonchev–Trinajstić information content (AvgIpc) is 3.08. The fraction of sp³-hybridized carbons (Fsp3) is 0.300. The van der Waals surface area contributed by atoms with E-state index in [1.54, 1.807) is 23.5 Å². The molecule has 0 spiro atoms. The minimum Gasteiger partial charge on any atom is -0.369 e. The number of hydrogen-bond donors (Lipinski definition) is 0. The van der Waals surface area contributed by atoms with Crippen LogP contribution < -0.4 is 0 Å². The van der Waals surface area contributed by atoms with E-state index >= 15 is 0 Å². The first-order valence-electron chi connectivity index (χ1n) is 8.74. The summed E-state index contributed by atoms with van der Waals surface area (Å²) in [5.41, 5.74) is 5.80. The maximum Gasteiger partial charge on any atom is 0.164 e. The third-order valence-electron chi connectivity index (χ3n) is 5.12. The van der Waals surface area contributed by atoms with Gasteiger partial charge in [0.2, 0.25) is 0 Å². The van der Waals surface area contributed by atoms with Crippen LogP contribution in [0, 0.1) is 19.7 Å². The van der Waals surface area contributed by atoms with Crippen LogP contribution in [0.4, 0.5) is 4.39 Å². The Morgan fingerprint density at radius 2 is 2.08 bits per heavy atom. The van der Waals surface area contributed by atoms with E-state index in [-0.39, 0.29) is 5.82 Å². The fourth-order valence-corrected chi connectivity index (χ4v) is 5.24. The molecule has 3 aromatic rings. The molecule has 2 aliphatic rings. The number of nitrogens with zero attached hydrogens (tertiary/aromatic N) is 3. The molecule has 0 N–H and O–H groups in total. The molecule has 0 saturated heterocycles. The molecule has 0 radical (unpaired) electrons. The fourth-order valence-electron chi connectivity index (χ4n) is 4.00. The van der Waals surface area contributed by atoms with Crippen LogP contribution in [0.5, 0.6) is 0 Å². The number of aryl methyl sites for hydroxylation is 3. The summed E-state index contributed by atoms with van der Waals surface area (Å²) in [6.45, 7) is 5.12. The summed E-state index contributed by atoms with van der Waals surface area (Å²) in [5.74, 6) is 1.55. The second kappa shape index (κ2) is 5.86. The number of allylic oxidation sites excluding steroid dienone is 1. The minimum absolute atomic E-state index is 0.168. The van der Waals surface area contributed by atoms with Crippen molar-refractivity contribution in [3.05, 3.63) is 68.9 Å². The summed E-state index contributed by atoms with van der Waals surface area (Å²) >= 11 is 1.75. The molecule has 0 saturated carbocycles. The summed E-state index contributed by atoms with van der Waals surface area (Å²) in [5, 5.41) is 9.61. The largest absolute Gasteiger partial charge is 0.369 e. The highest BCUT2D eigenvalue weighted by atomic mass is 32.1. The van der Waals surface area contributed by atoms with Crippen molar-refractivity contribution in [1.29, 1.82) is 0 Å². The Morgan fingerprint density at radius 1 is 1.19 bits per heavy atom. The molecular formula is C20H18FN3OS. The maximum absolute atomic E-state index is 13.7. The highest BCUT2D eigenvalue weighted by molar-refractivity contribution is 7.15.